The van der Waals surface area contributed by atoms with Gasteiger partial charge in [-0.1, -0.05) is 0 Å². The van der Waals surface area contributed by atoms with Crippen LogP contribution in [-0.2, 0) is 0 Å². The van der Waals surface area contributed by atoms with Gasteiger partial charge in [0.05, 0.1) is 22.7 Å². The van der Waals surface area contributed by atoms with Crippen LogP contribution in [0.2, 0.25) is 0 Å². The second-order valence-corrected chi connectivity index (χ2v) is 4.62. The van der Waals surface area contributed by atoms with Gasteiger partial charge in [0.15, 0.2) is 0 Å². The molecule has 0 N–H and O–H groups in total. The molecular formula is C15H12BrNO2. The molecule has 0 aliphatic heterocycles. The van der Waals surface area contributed by atoms with Gasteiger partial charge in [0, 0.05) is 0 Å². The van der Waals surface area contributed by atoms with Gasteiger partial charge in [0.2, 0.25) is 0 Å². The molecule has 0 amide bonds. The summed E-state index contributed by atoms with van der Waals surface area (Å²) < 4.78 is 11.8. The number of halogens is 1. The van der Waals surface area contributed by atoms with Crippen LogP contribution < -0.4 is 9.47 Å². The number of benzene rings is 2. The molecule has 4 heteroatoms. The van der Waals surface area contributed by atoms with Crippen LogP contribution in [0.15, 0.2) is 46.9 Å². The minimum Gasteiger partial charge on any atom is -0.494 e. The molecule has 0 saturated carbocycles. The van der Waals surface area contributed by atoms with E-state index >= 15 is 0 Å². The highest BCUT2D eigenvalue weighted by Crippen LogP contribution is 2.31. The highest BCUT2D eigenvalue weighted by atomic mass is 79.9. The van der Waals surface area contributed by atoms with Crippen molar-refractivity contribution in [1.29, 1.82) is 5.26 Å². The molecule has 0 fully saturated rings. The van der Waals surface area contributed by atoms with Gasteiger partial charge >= 0.3 is 0 Å². The van der Waals surface area contributed by atoms with E-state index in [2.05, 4.69) is 22.0 Å². The zero-order valence-corrected chi connectivity index (χ0v) is 12.0. The zero-order chi connectivity index (χ0) is 13.7. The molecule has 0 heterocycles. The van der Waals surface area contributed by atoms with Gasteiger partial charge < -0.3 is 9.47 Å². The van der Waals surface area contributed by atoms with Crippen molar-refractivity contribution in [3.8, 4) is 23.3 Å². The second kappa shape index (κ2) is 6.26. The van der Waals surface area contributed by atoms with Gasteiger partial charge in [-0.3, -0.25) is 0 Å². The first kappa shape index (κ1) is 13.4. The summed E-state index contributed by atoms with van der Waals surface area (Å²) in [7, 11) is 0. The Morgan fingerprint density at radius 3 is 2.37 bits per heavy atom. The molecule has 0 spiro atoms. The van der Waals surface area contributed by atoms with Crippen LogP contribution in [-0.4, -0.2) is 6.61 Å². The average Bonchev–Trinajstić information content (AvgIpc) is 2.43. The summed E-state index contributed by atoms with van der Waals surface area (Å²) in [5.41, 5.74) is 0.589. The quantitative estimate of drug-likeness (QED) is 0.833. The summed E-state index contributed by atoms with van der Waals surface area (Å²) in [6, 6.07) is 14.7. The van der Waals surface area contributed by atoms with Gasteiger partial charge in [-0.2, -0.15) is 5.26 Å². The Balaban J connectivity index is 2.15. The second-order valence-electron chi connectivity index (χ2n) is 3.76. The smallest absolute Gasteiger partial charge is 0.141 e. The Labute approximate surface area is 120 Å². The normalized spacial score (nSPS) is 9.74. The number of hydrogen-bond acceptors (Lipinski definition) is 3. The lowest BCUT2D eigenvalue weighted by molar-refractivity contribution is 0.339. The molecule has 3 nitrogen and oxygen atoms in total. The first-order valence-electron chi connectivity index (χ1n) is 5.83. The number of nitrogens with zero attached hydrogens (tertiary/aromatic N) is 1. The van der Waals surface area contributed by atoms with Crippen LogP contribution in [0.25, 0.3) is 0 Å². The van der Waals surface area contributed by atoms with Gasteiger partial charge in [-0.15, -0.1) is 0 Å². The third-order valence-electron chi connectivity index (χ3n) is 2.42. The maximum Gasteiger partial charge on any atom is 0.141 e. The Hall–Kier alpha value is -1.99. The Kier molecular flexibility index (Phi) is 4.43. The standard InChI is InChI=1S/C15H12BrNO2/c1-2-18-12-4-6-13(7-5-12)19-15-8-3-11(10-17)9-14(15)16/h3-9H,2H2,1H3. The van der Waals surface area contributed by atoms with E-state index in [9.17, 15) is 0 Å². The molecule has 0 atom stereocenters. The minimum atomic E-state index is 0.589. The molecule has 0 bridgehead atoms. The highest BCUT2D eigenvalue weighted by molar-refractivity contribution is 9.10. The van der Waals surface area contributed by atoms with Crippen LogP contribution in [0.5, 0.6) is 17.2 Å². The summed E-state index contributed by atoms with van der Waals surface area (Å²) in [6.45, 7) is 2.58. The van der Waals surface area contributed by atoms with Crippen molar-refractivity contribution in [2.24, 2.45) is 0 Å². The van der Waals surface area contributed by atoms with Crippen LogP contribution >= 0.6 is 15.9 Å². The highest BCUT2D eigenvalue weighted by Gasteiger charge is 2.04. The fourth-order valence-electron chi connectivity index (χ4n) is 1.55. The van der Waals surface area contributed by atoms with Crippen molar-refractivity contribution in [3.05, 3.63) is 52.5 Å². The molecule has 19 heavy (non-hydrogen) atoms. The largest absolute Gasteiger partial charge is 0.494 e. The van der Waals surface area contributed by atoms with E-state index in [0.717, 1.165) is 10.2 Å². The summed E-state index contributed by atoms with van der Waals surface area (Å²) in [5.74, 6) is 2.20. The third kappa shape index (κ3) is 3.49. The van der Waals surface area contributed by atoms with Crippen LogP contribution in [0.4, 0.5) is 0 Å². The minimum absolute atomic E-state index is 0.589. The Morgan fingerprint density at radius 2 is 1.79 bits per heavy atom. The first-order valence-corrected chi connectivity index (χ1v) is 6.62. The summed E-state index contributed by atoms with van der Waals surface area (Å²) in [5, 5.41) is 8.80. The summed E-state index contributed by atoms with van der Waals surface area (Å²) in [6.07, 6.45) is 0. The maximum absolute atomic E-state index is 8.80. The molecule has 0 radical (unpaired) electrons. The van der Waals surface area contributed by atoms with Crippen molar-refractivity contribution in [1.82, 2.24) is 0 Å². The molecule has 2 aromatic rings. The molecule has 2 aromatic carbocycles. The molecule has 96 valence electrons. The Morgan fingerprint density at radius 1 is 1.11 bits per heavy atom. The zero-order valence-electron chi connectivity index (χ0n) is 10.4. The molecule has 0 unspecified atom stereocenters. The SMILES string of the molecule is CCOc1ccc(Oc2ccc(C#N)cc2Br)cc1. The molecule has 0 aliphatic rings. The molecular weight excluding hydrogens is 306 g/mol. The van der Waals surface area contributed by atoms with Crippen molar-refractivity contribution in [3.63, 3.8) is 0 Å². The maximum atomic E-state index is 8.80. The summed E-state index contributed by atoms with van der Waals surface area (Å²) >= 11 is 3.38. The van der Waals surface area contributed by atoms with Gasteiger partial charge in [0.1, 0.15) is 17.2 Å². The lowest BCUT2D eigenvalue weighted by Crippen LogP contribution is -1.91. The summed E-state index contributed by atoms with van der Waals surface area (Å²) in [4.78, 5) is 0. The van der Waals surface area contributed by atoms with E-state index < -0.39 is 0 Å². The molecule has 0 saturated heterocycles. The fourth-order valence-corrected chi connectivity index (χ4v) is 2.01. The van der Waals surface area contributed by atoms with E-state index in [-0.39, 0.29) is 0 Å². The number of nitriles is 1. The predicted octanol–water partition coefficient (Wildman–Crippen LogP) is 4.51. The molecule has 2 rings (SSSR count). The lowest BCUT2D eigenvalue weighted by Gasteiger charge is -2.09. The van der Waals surface area contributed by atoms with E-state index in [1.54, 1.807) is 18.2 Å². The third-order valence-corrected chi connectivity index (χ3v) is 3.04. The number of rotatable bonds is 4. The predicted molar refractivity (Wildman–Crippen MR) is 76.5 cm³/mol. The fraction of sp³-hybridized carbons (Fsp3) is 0.133. The molecule has 0 aromatic heterocycles. The average molecular weight is 318 g/mol. The first-order chi connectivity index (χ1) is 9.22. The van der Waals surface area contributed by atoms with Crippen molar-refractivity contribution >= 4 is 15.9 Å². The van der Waals surface area contributed by atoms with Gasteiger partial charge in [-0.05, 0) is 65.3 Å². The van der Waals surface area contributed by atoms with Gasteiger partial charge in [0.25, 0.3) is 0 Å². The van der Waals surface area contributed by atoms with Crippen LogP contribution in [0.1, 0.15) is 12.5 Å². The number of hydrogen-bond donors (Lipinski definition) is 0. The van der Waals surface area contributed by atoms with E-state index in [0.29, 0.717) is 23.7 Å². The van der Waals surface area contributed by atoms with E-state index in [1.807, 2.05) is 31.2 Å². The molecule has 0 aliphatic carbocycles. The van der Waals surface area contributed by atoms with Crippen molar-refractivity contribution < 1.29 is 9.47 Å². The Bertz CT molecular complexity index is 603. The topological polar surface area (TPSA) is 42.2 Å². The monoisotopic (exact) mass is 317 g/mol. The van der Waals surface area contributed by atoms with Crippen molar-refractivity contribution in [2.45, 2.75) is 6.92 Å². The van der Waals surface area contributed by atoms with Crippen LogP contribution in [0, 0.1) is 11.3 Å². The van der Waals surface area contributed by atoms with E-state index in [4.69, 9.17) is 14.7 Å². The van der Waals surface area contributed by atoms with Crippen molar-refractivity contribution in [2.75, 3.05) is 6.61 Å². The number of ether oxygens (including phenoxy) is 2. The van der Waals surface area contributed by atoms with Gasteiger partial charge in [-0.25, -0.2) is 0 Å². The van der Waals surface area contributed by atoms with Crippen LogP contribution in [0.3, 0.4) is 0 Å². The lowest BCUT2D eigenvalue weighted by atomic mass is 10.2. The van der Waals surface area contributed by atoms with E-state index in [1.165, 1.54) is 0 Å².